The molecule has 0 atom stereocenters. The van der Waals surface area contributed by atoms with Crippen molar-refractivity contribution in [2.75, 3.05) is 4.72 Å². The van der Waals surface area contributed by atoms with Crippen LogP contribution in [0.25, 0.3) is 0 Å². The van der Waals surface area contributed by atoms with Crippen LogP contribution < -0.4 is 4.72 Å². The predicted octanol–water partition coefficient (Wildman–Crippen LogP) is 2.32. The van der Waals surface area contributed by atoms with E-state index in [1.807, 2.05) is 0 Å². The Morgan fingerprint density at radius 1 is 1.16 bits per heavy atom. The van der Waals surface area contributed by atoms with Gasteiger partial charge in [-0.2, -0.15) is 0 Å². The highest BCUT2D eigenvalue weighted by Gasteiger charge is 2.17. The topological polar surface area (TPSA) is 66.4 Å². The van der Waals surface area contributed by atoms with Crippen LogP contribution in [0.3, 0.4) is 0 Å². The molecule has 1 heterocycles. The standard InChI is InChI=1S/C11H9F2NO3S2/c12-8-2-9(13)4-10(3-8)14-19(16,17)11-1-7(5-15)6-18-11/h1-4,6,14-15H,5H2. The monoisotopic (exact) mass is 305 g/mol. The van der Waals surface area contributed by atoms with Gasteiger partial charge in [-0.05, 0) is 29.1 Å². The van der Waals surface area contributed by atoms with Crippen LogP contribution in [0.2, 0.25) is 0 Å². The third-order valence-electron chi connectivity index (χ3n) is 2.19. The van der Waals surface area contributed by atoms with E-state index in [-0.39, 0.29) is 16.5 Å². The Hall–Kier alpha value is -1.51. The highest BCUT2D eigenvalue weighted by atomic mass is 32.2. The summed E-state index contributed by atoms with van der Waals surface area (Å²) in [5.74, 6) is -1.75. The van der Waals surface area contributed by atoms with Crippen molar-refractivity contribution >= 4 is 27.0 Å². The quantitative estimate of drug-likeness (QED) is 0.911. The zero-order valence-corrected chi connectivity index (χ0v) is 11.1. The van der Waals surface area contributed by atoms with Gasteiger partial charge in [0.2, 0.25) is 0 Å². The van der Waals surface area contributed by atoms with E-state index in [1.165, 1.54) is 11.4 Å². The van der Waals surface area contributed by atoms with E-state index >= 15 is 0 Å². The van der Waals surface area contributed by atoms with E-state index < -0.39 is 21.7 Å². The number of hydrogen-bond acceptors (Lipinski definition) is 4. The number of sulfonamides is 1. The third-order valence-corrected chi connectivity index (χ3v) is 5.06. The second kappa shape index (κ2) is 5.24. The molecular formula is C11H9F2NO3S2. The molecule has 1 aromatic carbocycles. The predicted molar refractivity (Wildman–Crippen MR) is 67.4 cm³/mol. The van der Waals surface area contributed by atoms with Crippen LogP contribution in [-0.2, 0) is 16.6 Å². The Labute approximate surface area is 112 Å². The fourth-order valence-corrected chi connectivity index (χ4v) is 3.64. The van der Waals surface area contributed by atoms with Gasteiger partial charge in [0.15, 0.2) is 0 Å². The molecule has 8 heteroatoms. The first kappa shape index (κ1) is 13.9. The van der Waals surface area contributed by atoms with Gasteiger partial charge in [0.1, 0.15) is 15.8 Å². The Kier molecular flexibility index (Phi) is 3.83. The minimum atomic E-state index is -3.91. The minimum Gasteiger partial charge on any atom is -0.392 e. The molecule has 0 spiro atoms. The molecule has 2 N–H and O–H groups in total. The second-order valence-electron chi connectivity index (χ2n) is 3.70. The van der Waals surface area contributed by atoms with Gasteiger partial charge < -0.3 is 5.11 Å². The van der Waals surface area contributed by atoms with Gasteiger partial charge in [0, 0.05) is 6.07 Å². The molecule has 0 radical (unpaired) electrons. The lowest BCUT2D eigenvalue weighted by Crippen LogP contribution is -2.11. The Morgan fingerprint density at radius 3 is 2.32 bits per heavy atom. The fraction of sp³-hybridized carbons (Fsp3) is 0.0909. The van der Waals surface area contributed by atoms with Gasteiger partial charge in [0.25, 0.3) is 10.0 Å². The van der Waals surface area contributed by atoms with Crippen molar-refractivity contribution in [1.29, 1.82) is 0 Å². The molecule has 19 heavy (non-hydrogen) atoms. The number of anilines is 1. The van der Waals surface area contributed by atoms with Crippen molar-refractivity contribution in [3.63, 3.8) is 0 Å². The van der Waals surface area contributed by atoms with Crippen molar-refractivity contribution in [2.45, 2.75) is 10.8 Å². The Morgan fingerprint density at radius 2 is 1.79 bits per heavy atom. The molecule has 0 aliphatic heterocycles. The number of benzene rings is 1. The molecule has 2 rings (SSSR count). The summed E-state index contributed by atoms with van der Waals surface area (Å²) in [7, 11) is -3.91. The summed E-state index contributed by atoms with van der Waals surface area (Å²) < 4.78 is 51.8. The minimum absolute atomic E-state index is 0.0405. The molecule has 4 nitrogen and oxygen atoms in total. The molecule has 0 fully saturated rings. The van der Waals surface area contributed by atoms with Crippen molar-refractivity contribution in [2.24, 2.45) is 0 Å². The average Bonchev–Trinajstić information content (AvgIpc) is 2.75. The largest absolute Gasteiger partial charge is 0.392 e. The zero-order valence-electron chi connectivity index (χ0n) is 9.43. The van der Waals surface area contributed by atoms with Crippen LogP contribution in [0.4, 0.5) is 14.5 Å². The number of halogens is 2. The maximum absolute atomic E-state index is 13.0. The van der Waals surface area contributed by atoms with Crippen molar-refractivity contribution in [1.82, 2.24) is 0 Å². The molecule has 2 aromatic rings. The number of nitrogens with one attached hydrogen (secondary N) is 1. The number of aliphatic hydroxyl groups excluding tert-OH is 1. The maximum atomic E-state index is 13.0. The molecule has 1 aromatic heterocycles. The Bertz CT molecular complexity index is 677. The summed E-state index contributed by atoms with van der Waals surface area (Å²) >= 11 is 0.911. The molecule has 0 aliphatic rings. The summed E-state index contributed by atoms with van der Waals surface area (Å²) in [4.78, 5) is 0. The van der Waals surface area contributed by atoms with Gasteiger partial charge >= 0.3 is 0 Å². The normalized spacial score (nSPS) is 11.5. The van der Waals surface area contributed by atoms with Crippen molar-refractivity contribution in [3.05, 3.63) is 46.8 Å². The molecule has 0 amide bonds. The van der Waals surface area contributed by atoms with E-state index in [0.717, 1.165) is 23.5 Å². The lowest BCUT2D eigenvalue weighted by molar-refractivity contribution is 0.282. The highest BCUT2D eigenvalue weighted by Crippen LogP contribution is 2.23. The molecule has 102 valence electrons. The van der Waals surface area contributed by atoms with Gasteiger partial charge in [-0.25, -0.2) is 17.2 Å². The van der Waals surface area contributed by atoms with E-state index in [4.69, 9.17) is 5.11 Å². The smallest absolute Gasteiger partial charge is 0.271 e. The van der Waals surface area contributed by atoms with E-state index in [9.17, 15) is 17.2 Å². The highest BCUT2D eigenvalue weighted by molar-refractivity contribution is 7.94. The summed E-state index contributed by atoms with van der Waals surface area (Å²) in [5, 5.41) is 10.4. The van der Waals surface area contributed by atoms with E-state index in [0.29, 0.717) is 11.6 Å². The number of hydrogen-bond donors (Lipinski definition) is 2. The first-order chi connectivity index (χ1) is 8.90. The van der Waals surface area contributed by atoms with E-state index in [2.05, 4.69) is 4.72 Å². The van der Waals surface area contributed by atoms with E-state index in [1.54, 1.807) is 0 Å². The SMILES string of the molecule is O=S(=O)(Nc1cc(F)cc(F)c1)c1cc(CO)cs1. The van der Waals surface area contributed by atoms with Gasteiger partial charge in [0.05, 0.1) is 12.3 Å². The number of aliphatic hydroxyl groups is 1. The fourth-order valence-electron chi connectivity index (χ4n) is 1.40. The molecule has 0 aliphatic carbocycles. The van der Waals surface area contributed by atoms with Crippen LogP contribution in [0, 0.1) is 11.6 Å². The van der Waals surface area contributed by atoms with Crippen LogP contribution in [-0.4, -0.2) is 13.5 Å². The Balaban J connectivity index is 2.30. The van der Waals surface area contributed by atoms with Crippen molar-refractivity contribution < 1.29 is 22.3 Å². The van der Waals surface area contributed by atoms with Gasteiger partial charge in [-0.3, -0.25) is 4.72 Å². The molecule has 0 bridgehead atoms. The molecular weight excluding hydrogens is 296 g/mol. The van der Waals surface area contributed by atoms with Gasteiger partial charge in [-0.1, -0.05) is 0 Å². The molecule has 0 saturated heterocycles. The summed E-state index contributed by atoms with van der Waals surface area (Å²) in [6.07, 6.45) is 0. The first-order valence-corrected chi connectivity index (χ1v) is 7.44. The van der Waals surface area contributed by atoms with Crippen LogP contribution in [0.15, 0.2) is 33.9 Å². The molecule has 0 unspecified atom stereocenters. The van der Waals surface area contributed by atoms with Crippen LogP contribution in [0.5, 0.6) is 0 Å². The number of rotatable bonds is 4. The molecule has 0 saturated carbocycles. The lowest BCUT2D eigenvalue weighted by Gasteiger charge is -2.06. The average molecular weight is 305 g/mol. The summed E-state index contributed by atoms with van der Waals surface area (Å²) in [6.45, 7) is -0.277. The van der Waals surface area contributed by atoms with Crippen molar-refractivity contribution in [3.8, 4) is 0 Å². The summed E-state index contributed by atoms with van der Waals surface area (Å²) in [5.41, 5.74) is 0.257. The number of thiophene rings is 1. The lowest BCUT2D eigenvalue weighted by atomic mass is 10.3. The maximum Gasteiger partial charge on any atom is 0.271 e. The van der Waals surface area contributed by atoms with Gasteiger partial charge in [-0.15, -0.1) is 11.3 Å². The van der Waals surface area contributed by atoms with Crippen LogP contribution >= 0.6 is 11.3 Å². The third kappa shape index (κ3) is 3.28. The zero-order chi connectivity index (χ0) is 14.0. The summed E-state index contributed by atoms with van der Waals surface area (Å²) in [6, 6.07) is 3.69. The first-order valence-electron chi connectivity index (χ1n) is 5.08. The van der Waals surface area contributed by atoms with Crippen LogP contribution in [0.1, 0.15) is 5.56 Å². The second-order valence-corrected chi connectivity index (χ2v) is 6.52.